The molecule has 5 heteroatoms. The Balaban J connectivity index is 1.94. The fraction of sp³-hybridized carbons (Fsp3) is 0.0526. The second-order valence-corrected chi connectivity index (χ2v) is 6.37. The van der Waals surface area contributed by atoms with Crippen LogP contribution in [0.4, 0.5) is 0 Å². The van der Waals surface area contributed by atoms with Crippen molar-refractivity contribution in [3.63, 3.8) is 0 Å². The number of halogens is 2. The minimum absolute atomic E-state index is 0.580. The summed E-state index contributed by atoms with van der Waals surface area (Å²) in [5.74, 6) is 0. The van der Waals surface area contributed by atoms with Crippen LogP contribution in [0.25, 0.3) is 28.0 Å². The van der Waals surface area contributed by atoms with E-state index in [9.17, 15) is 0 Å². The number of aromatic nitrogens is 3. The van der Waals surface area contributed by atoms with Crippen LogP contribution in [-0.4, -0.2) is 14.8 Å². The third kappa shape index (κ3) is 2.56. The van der Waals surface area contributed by atoms with Crippen LogP contribution in [0.3, 0.4) is 0 Å². The number of nitrogens with zero attached hydrogens (tertiary/aromatic N) is 3. The molecule has 118 valence electrons. The maximum Gasteiger partial charge on any atom is 0.163 e. The van der Waals surface area contributed by atoms with E-state index in [1.807, 2.05) is 66.2 Å². The SMILES string of the molecule is Cc1nn(-c2ccccc2)c2nc(-c3ccc(Cl)cc3Cl)ccc12. The predicted octanol–water partition coefficient (Wildman–Crippen LogP) is 5.70. The Hall–Kier alpha value is -2.36. The van der Waals surface area contributed by atoms with Crippen molar-refractivity contribution in [1.82, 2.24) is 14.8 Å². The normalized spacial score (nSPS) is 11.1. The second kappa shape index (κ2) is 5.93. The molecule has 2 aromatic carbocycles. The Morgan fingerprint density at radius 1 is 0.917 bits per heavy atom. The Kier molecular flexibility index (Phi) is 3.75. The van der Waals surface area contributed by atoms with Crippen molar-refractivity contribution in [3.8, 4) is 16.9 Å². The molecule has 0 N–H and O–H groups in total. The molecule has 0 bridgehead atoms. The molecule has 0 unspecified atom stereocenters. The van der Waals surface area contributed by atoms with Gasteiger partial charge < -0.3 is 0 Å². The van der Waals surface area contributed by atoms with Gasteiger partial charge >= 0.3 is 0 Å². The first-order valence-corrected chi connectivity index (χ1v) is 8.26. The van der Waals surface area contributed by atoms with Gasteiger partial charge in [-0.25, -0.2) is 9.67 Å². The summed E-state index contributed by atoms with van der Waals surface area (Å²) >= 11 is 12.3. The van der Waals surface area contributed by atoms with Crippen LogP contribution >= 0.6 is 23.2 Å². The largest absolute Gasteiger partial charge is 0.228 e. The number of hydrogen-bond acceptors (Lipinski definition) is 2. The zero-order chi connectivity index (χ0) is 16.7. The molecule has 0 atom stereocenters. The molecular formula is C19H13Cl2N3. The summed E-state index contributed by atoms with van der Waals surface area (Å²) in [5, 5.41) is 6.84. The maximum absolute atomic E-state index is 6.33. The number of hydrogen-bond donors (Lipinski definition) is 0. The Morgan fingerprint density at radius 2 is 1.71 bits per heavy atom. The third-order valence-corrected chi connectivity index (χ3v) is 4.47. The van der Waals surface area contributed by atoms with Gasteiger partial charge in [0.15, 0.2) is 5.65 Å². The lowest BCUT2D eigenvalue weighted by Gasteiger charge is -2.06. The first kappa shape index (κ1) is 15.2. The molecule has 0 amide bonds. The van der Waals surface area contributed by atoms with Gasteiger partial charge in [-0.2, -0.15) is 5.10 Å². The van der Waals surface area contributed by atoms with Crippen LogP contribution in [-0.2, 0) is 0 Å². The van der Waals surface area contributed by atoms with Crippen molar-refractivity contribution < 1.29 is 0 Å². The average Bonchev–Trinajstić information content (AvgIpc) is 2.92. The molecule has 0 spiro atoms. The van der Waals surface area contributed by atoms with Gasteiger partial charge in [0.05, 0.1) is 22.1 Å². The van der Waals surface area contributed by atoms with Gasteiger partial charge in [-0.1, -0.05) is 41.4 Å². The van der Waals surface area contributed by atoms with Crippen LogP contribution in [0.2, 0.25) is 10.0 Å². The molecule has 0 fully saturated rings. The molecule has 0 radical (unpaired) electrons. The van der Waals surface area contributed by atoms with Gasteiger partial charge in [-0.05, 0) is 49.4 Å². The van der Waals surface area contributed by atoms with Gasteiger partial charge in [-0.3, -0.25) is 0 Å². The highest BCUT2D eigenvalue weighted by atomic mass is 35.5. The summed E-state index contributed by atoms with van der Waals surface area (Å²) in [4.78, 5) is 4.81. The summed E-state index contributed by atoms with van der Waals surface area (Å²) in [6.45, 7) is 1.98. The van der Waals surface area contributed by atoms with Crippen LogP contribution in [0.5, 0.6) is 0 Å². The number of fused-ring (bicyclic) bond motifs is 1. The van der Waals surface area contributed by atoms with Crippen molar-refractivity contribution in [2.75, 3.05) is 0 Å². The van der Waals surface area contributed by atoms with Gasteiger partial charge in [0.2, 0.25) is 0 Å². The summed E-state index contributed by atoms with van der Waals surface area (Å²) in [7, 11) is 0. The molecule has 24 heavy (non-hydrogen) atoms. The minimum Gasteiger partial charge on any atom is -0.228 e. The summed E-state index contributed by atoms with van der Waals surface area (Å²) < 4.78 is 1.86. The van der Waals surface area contributed by atoms with E-state index in [1.54, 1.807) is 6.07 Å². The first-order valence-electron chi connectivity index (χ1n) is 7.51. The van der Waals surface area contributed by atoms with E-state index in [1.165, 1.54) is 0 Å². The minimum atomic E-state index is 0.580. The highest BCUT2D eigenvalue weighted by Crippen LogP contribution is 2.31. The predicted molar refractivity (Wildman–Crippen MR) is 99.1 cm³/mol. The van der Waals surface area contributed by atoms with Crippen LogP contribution in [0, 0.1) is 6.92 Å². The van der Waals surface area contributed by atoms with E-state index < -0.39 is 0 Å². The van der Waals surface area contributed by atoms with E-state index in [2.05, 4.69) is 5.10 Å². The lowest BCUT2D eigenvalue weighted by molar-refractivity contribution is 0.878. The molecule has 0 aliphatic carbocycles. The topological polar surface area (TPSA) is 30.7 Å². The highest BCUT2D eigenvalue weighted by molar-refractivity contribution is 6.36. The number of pyridine rings is 1. The third-order valence-electron chi connectivity index (χ3n) is 3.92. The van der Waals surface area contributed by atoms with Gasteiger partial charge in [0, 0.05) is 16.0 Å². The van der Waals surface area contributed by atoms with Crippen molar-refractivity contribution in [2.24, 2.45) is 0 Å². The molecule has 0 aliphatic heterocycles. The summed E-state index contributed by atoms with van der Waals surface area (Å²) in [6, 6.07) is 19.4. The number of aryl methyl sites for hydroxylation is 1. The smallest absolute Gasteiger partial charge is 0.163 e. The maximum atomic E-state index is 6.33. The van der Waals surface area contributed by atoms with E-state index in [0.29, 0.717) is 10.0 Å². The molecule has 2 aromatic heterocycles. The molecular weight excluding hydrogens is 341 g/mol. The molecule has 4 rings (SSSR count). The quantitative estimate of drug-likeness (QED) is 0.462. The van der Waals surface area contributed by atoms with Gasteiger partial charge in [-0.15, -0.1) is 0 Å². The number of benzene rings is 2. The lowest BCUT2D eigenvalue weighted by atomic mass is 10.1. The van der Waals surface area contributed by atoms with E-state index in [0.717, 1.165) is 33.7 Å². The van der Waals surface area contributed by atoms with Crippen LogP contribution in [0.15, 0.2) is 60.7 Å². The Labute approximate surface area is 149 Å². The Morgan fingerprint density at radius 3 is 2.46 bits per heavy atom. The monoisotopic (exact) mass is 353 g/mol. The summed E-state index contributed by atoms with van der Waals surface area (Å²) in [6.07, 6.45) is 0. The van der Waals surface area contributed by atoms with Crippen molar-refractivity contribution >= 4 is 34.2 Å². The fourth-order valence-corrected chi connectivity index (χ4v) is 3.25. The zero-order valence-electron chi connectivity index (χ0n) is 12.9. The van der Waals surface area contributed by atoms with E-state index >= 15 is 0 Å². The second-order valence-electron chi connectivity index (χ2n) is 5.52. The molecule has 2 heterocycles. The van der Waals surface area contributed by atoms with E-state index in [4.69, 9.17) is 28.2 Å². The molecule has 4 aromatic rings. The molecule has 3 nitrogen and oxygen atoms in total. The average molecular weight is 354 g/mol. The zero-order valence-corrected chi connectivity index (χ0v) is 14.4. The first-order chi connectivity index (χ1) is 11.6. The van der Waals surface area contributed by atoms with Crippen molar-refractivity contribution in [1.29, 1.82) is 0 Å². The van der Waals surface area contributed by atoms with Crippen LogP contribution < -0.4 is 0 Å². The number of rotatable bonds is 2. The lowest BCUT2D eigenvalue weighted by Crippen LogP contribution is -1.98. The van der Waals surface area contributed by atoms with Crippen LogP contribution in [0.1, 0.15) is 5.69 Å². The van der Waals surface area contributed by atoms with Crippen molar-refractivity contribution in [2.45, 2.75) is 6.92 Å². The number of para-hydroxylation sites is 1. The molecule has 0 aliphatic rings. The standard InChI is InChI=1S/C19H13Cl2N3/c1-12-15-9-10-18(16-8-7-13(20)11-17(16)21)22-19(15)24(23-12)14-5-3-2-4-6-14/h2-11H,1H3. The van der Waals surface area contributed by atoms with Gasteiger partial charge in [0.1, 0.15) is 0 Å². The molecule has 0 saturated carbocycles. The van der Waals surface area contributed by atoms with Crippen molar-refractivity contribution in [3.05, 3.63) is 76.4 Å². The Bertz CT molecular complexity index is 1040. The highest BCUT2D eigenvalue weighted by Gasteiger charge is 2.13. The van der Waals surface area contributed by atoms with E-state index in [-0.39, 0.29) is 0 Å². The molecule has 0 saturated heterocycles. The fourth-order valence-electron chi connectivity index (χ4n) is 2.74. The van der Waals surface area contributed by atoms with Gasteiger partial charge in [0.25, 0.3) is 0 Å². The summed E-state index contributed by atoms with van der Waals surface area (Å²) in [5.41, 5.74) is 4.36.